The zero-order chi connectivity index (χ0) is 20.8. The van der Waals surface area contributed by atoms with Gasteiger partial charge in [-0.05, 0) is 36.5 Å². The van der Waals surface area contributed by atoms with Crippen molar-refractivity contribution in [3.8, 4) is 0 Å². The fourth-order valence-electron chi connectivity index (χ4n) is 4.59. The minimum atomic E-state index is -0.386. The van der Waals surface area contributed by atoms with Crippen molar-refractivity contribution in [3.05, 3.63) is 57.6 Å². The van der Waals surface area contributed by atoms with E-state index >= 15 is 0 Å². The summed E-state index contributed by atoms with van der Waals surface area (Å²) in [6, 6.07) is 5.31. The number of piperazine rings is 1. The highest BCUT2D eigenvalue weighted by molar-refractivity contribution is 6.38. The van der Waals surface area contributed by atoms with Gasteiger partial charge in [-0.15, -0.1) is 0 Å². The van der Waals surface area contributed by atoms with Gasteiger partial charge in [0.2, 0.25) is 0 Å². The molecule has 156 valence electrons. The van der Waals surface area contributed by atoms with Crippen LogP contribution < -0.4 is 0 Å². The highest BCUT2D eigenvalue weighted by Crippen LogP contribution is 2.34. The Morgan fingerprint density at radius 3 is 2.87 bits per heavy atom. The average Bonchev–Trinajstić information content (AvgIpc) is 3.24. The Hall–Kier alpha value is -2.22. The third-order valence-corrected chi connectivity index (χ3v) is 6.95. The third-order valence-electron chi connectivity index (χ3n) is 6.26. The van der Waals surface area contributed by atoms with Gasteiger partial charge >= 0.3 is 0 Å². The molecule has 4 heterocycles. The van der Waals surface area contributed by atoms with E-state index in [1.807, 2.05) is 11.0 Å². The number of carbonyl (C=O) groups excluding carboxylic acids is 1. The van der Waals surface area contributed by atoms with Crippen LogP contribution in [0.5, 0.6) is 0 Å². The Labute approximate surface area is 183 Å². The van der Waals surface area contributed by atoms with Crippen LogP contribution >= 0.6 is 23.2 Å². The maximum atomic E-state index is 13.5. The second kappa shape index (κ2) is 7.80. The van der Waals surface area contributed by atoms with Crippen molar-refractivity contribution in [2.75, 3.05) is 26.2 Å². The van der Waals surface area contributed by atoms with Gasteiger partial charge in [-0.1, -0.05) is 29.3 Å². The van der Waals surface area contributed by atoms with Crippen molar-refractivity contribution in [3.63, 3.8) is 0 Å². The van der Waals surface area contributed by atoms with E-state index < -0.39 is 0 Å². The summed E-state index contributed by atoms with van der Waals surface area (Å²) in [5, 5.41) is 7.91. The molecule has 0 spiro atoms. The van der Waals surface area contributed by atoms with Crippen LogP contribution in [0.15, 0.2) is 30.6 Å². The van der Waals surface area contributed by atoms with Gasteiger partial charge < -0.3 is 4.90 Å². The normalized spacial score (nSPS) is 22.3. The highest BCUT2D eigenvalue weighted by atomic mass is 35.5. The summed E-state index contributed by atoms with van der Waals surface area (Å²) in [5.41, 5.74) is 2.05. The molecule has 2 fully saturated rings. The van der Waals surface area contributed by atoms with E-state index in [1.165, 1.54) is 12.3 Å². The molecule has 30 heavy (non-hydrogen) atoms. The molecule has 5 rings (SSSR count). The van der Waals surface area contributed by atoms with Gasteiger partial charge in [-0.2, -0.15) is 5.10 Å². The minimum Gasteiger partial charge on any atom is -0.336 e. The lowest BCUT2D eigenvalue weighted by atomic mass is 9.86. The largest absolute Gasteiger partial charge is 0.336 e. The van der Waals surface area contributed by atoms with Crippen LogP contribution in [0.1, 0.15) is 34.7 Å². The zero-order valence-corrected chi connectivity index (χ0v) is 17.6. The Balaban J connectivity index is 1.28. The number of benzene rings is 1. The number of amides is 1. The maximum absolute atomic E-state index is 13.5. The van der Waals surface area contributed by atoms with Gasteiger partial charge in [0.15, 0.2) is 5.65 Å². The number of rotatable bonds is 2. The number of aromatic nitrogens is 3. The first kappa shape index (κ1) is 19.7. The molecule has 2 aromatic heterocycles. The first-order chi connectivity index (χ1) is 14.5. The van der Waals surface area contributed by atoms with Crippen LogP contribution in [0.2, 0.25) is 10.0 Å². The first-order valence-corrected chi connectivity index (χ1v) is 10.7. The van der Waals surface area contributed by atoms with Gasteiger partial charge in [0, 0.05) is 38.4 Å². The summed E-state index contributed by atoms with van der Waals surface area (Å²) in [6.45, 7) is 2.97. The molecule has 2 aliphatic heterocycles. The average molecular weight is 448 g/mol. The molecule has 6 nitrogen and oxygen atoms in total. The van der Waals surface area contributed by atoms with Crippen LogP contribution in [0.4, 0.5) is 4.39 Å². The molecule has 0 unspecified atom stereocenters. The molecule has 0 bridgehead atoms. The van der Waals surface area contributed by atoms with Gasteiger partial charge in [0.05, 0.1) is 27.2 Å². The second-order valence-corrected chi connectivity index (χ2v) is 8.75. The quantitative estimate of drug-likeness (QED) is 0.641. The molecule has 1 aromatic carbocycles. The molecule has 0 aliphatic carbocycles. The summed E-state index contributed by atoms with van der Waals surface area (Å²) in [5.74, 6) is -0.158. The van der Waals surface area contributed by atoms with Crippen molar-refractivity contribution in [2.24, 2.45) is 0 Å². The standard InChI is InChI=1S/C21H20Cl2FN5O/c22-17-7-12(2-4-18(17)24)13-1-3-14-11-29(6-5-28(14)10-13)21(30)16-8-25-20-15(19(16)23)9-26-27-20/h2,4,7-9,13-14H,1,3,5-6,10-11H2,(H,25,26,27)/t13-,14+/m1/s1. The lowest BCUT2D eigenvalue weighted by Gasteiger charge is -2.46. The first-order valence-electron chi connectivity index (χ1n) is 9.97. The number of nitrogens with zero attached hydrogens (tertiary/aromatic N) is 4. The fourth-order valence-corrected chi connectivity index (χ4v) is 5.04. The number of halogens is 3. The molecule has 2 atom stereocenters. The molecular formula is C21H20Cl2FN5O. The number of nitrogens with one attached hydrogen (secondary N) is 1. The second-order valence-electron chi connectivity index (χ2n) is 7.97. The fraction of sp³-hybridized carbons (Fsp3) is 0.381. The van der Waals surface area contributed by atoms with Gasteiger partial charge in [0.1, 0.15) is 5.82 Å². The van der Waals surface area contributed by atoms with E-state index in [9.17, 15) is 9.18 Å². The summed E-state index contributed by atoms with van der Waals surface area (Å²) in [6.07, 6.45) is 5.06. The molecule has 0 saturated carbocycles. The predicted molar refractivity (Wildman–Crippen MR) is 114 cm³/mol. The van der Waals surface area contributed by atoms with Crippen molar-refractivity contribution in [2.45, 2.75) is 24.8 Å². The number of aromatic amines is 1. The van der Waals surface area contributed by atoms with E-state index in [0.29, 0.717) is 46.7 Å². The number of pyridine rings is 1. The summed E-state index contributed by atoms with van der Waals surface area (Å²) in [4.78, 5) is 21.7. The molecule has 3 aromatic rings. The van der Waals surface area contributed by atoms with Crippen LogP contribution in [-0.2, 0) is 0 Å². The van der Waals surface area contributed by atoms with Gasteiger partial charge in [-0.25, -0.2) is 9.37 Å². The van der Waals surface area contributed by atoms with Crippen molar-refractivity contribution >= 4 is 40.1 Å². The molecule has 1 N–H and O–H groups in total. The predicted octanol–water partition coefficient (Wildman–Crippen LogP) is 4.11. The molecule has 2 saturated heterocycles. The van der Waals surface area contributed by atoms with E-state index in [1.54, 1.807) is 12.3 Å². The van der Waals surface area contributed by atoms with E-state index in [4.69, 9.17) is 23.2 Å². The zero-order valence-electron chi connectivity index (χ0n) is 16.1. The molecular weight excluding hydrogens is 428 g/mol. The van der Waals surface area contributed by atoms with E-state index in [-0.39, 0.29) is 16.7 Å². The summed E-state index contributed by atoms with van der Waals surface area (Å²) >= 11 is 12.4. The maximum Gasteiger partial charge on any atom is 0.257 e. The Kier molecular flexibility index (Phi) is 5.13. The molecule has 2 aliphatic rings. The minimum absolute atomic E-state index is 0.0947. The van der Waals surface area contributed by atoms with Crippen LogP contribution in [-0.4, -0.2) is 63.1 Å². The van der Waals surface area contributed by atoms with Gasteiger partial charge in [-0.3, -0.25) is 14.8 Å². The number of fused-ring (bicyclic) bond motifs is 2. The number of H-pyrrole nitrogens is 1. The number of carbonyl (C=O) groups is 1. The number of piperidine rings is 1. The number of hydrogen-bond donors (Lipinski definition) is 1. The Morgan fingerprint density at radius 1 is 1.17 bits per heavy atom. The highest BCUT2D eigenvalue weighted by Gasteiger charge is 2.35. The molecule has 9 heteroatoms. The van der Waals surface area contributed by atoms with Crippen LogP contribution in [0.25, 0.3) is 11.0 Å². The number of hydrogen-bond acceptors (Lipinski definition) is 4. The third kappa shape index (κ3) is 3.45. The van der Waals surface area contributed by atoms with Crippen LogP contribution in [0.3, 0.4) is 0 Å². The van der Waals surface area contributed by atoms with Crippen LogP contribution in [0, 0.1) is 5.82 Å². The molecule has 1 amide bonds. The monoisotopic (exact) mass is 447 g/mol. The van der Waals surface area contributed by atoms with Crippen molar-refractivity contribution < 1.29 is 9.18 Å². The van der Waals surface area contributed by atoms with E-state index in [2.05, 4.69) is 20.1 Å². The van der Waals surface area contributed by atoms with Crippen molar-refractivity contribution in [1.29, 1.82) is 0 Å². The SMILES string of the molecule is O=C(c1cnc2[nH]ncc2c1Cl)N1CCN2C[C@H](c3ccc(F)c(Cl)c3)CC[C@H]2C1. The topological polar surface area (TPSA) is 65.1 Å². The lowest BCUT2D eigenvalue weighted by Crippen LogP contribution is -2.57. The lowest BCUT2D eigenvalue weighted by molar-refractivity contribution is 0.0329. The smallest absolute Gasteiger partial charge is 0.257 e. The Bertz CT molecular complexity index is 1120. The van der Waals surface area contributed by atoms with Gasteiger partial charge in [0.25, 0.3) is 5.91 Å². The van der Waals surface area contributed by atoms with E-state index in [0.717, 1.165) is 31.5 Å². The summed E-state index contributed by atoms with van der Waals surface area (Å²) in [7, 11) is 0. The summed E-state index contributed by atoms with van der Waals surface area (Å²) < 4.78 is 13.5. The Morgan fingerprint density at radius 2 is 2.03 bits per heavy atom. The molecule has 0 radical (unpaired) electrons. The van der Waals surface area contributed by atoms with Crippen molar-refractivity contribution in [1.82, 2.24) is 25.0 Å².